The molecule has 4 nitrogen and oxygen atoms in total. The monoisotopic (exact) mass is 602 g/mol. The molecule has 7 aromatic carbocycles. The third-order valence-electron chi connectivity index (χ3n) is 9.54. The molecule has 0 saturated heterocycles. The van der Waals surface area contributed by atoms with E-state index in [0.29, 0.717) is 11.0 Å². The Labute approximate surface area is 268 Å². The minimum Gasteiger partial charge on any atom is -0.422 e. The van der Waals surface area contributed by atoms with Crippen LogP contribution >= 0.6 is 0 Å². The van der Waals surface area contributed by atoms with E-state index in [4.69, 9.17) is 4.42 Å². The van der Waals surface area contributed by atoms with Crippen molar-refractivity contribution in [3.05, 3.63) is 168 Å². The number of nitrogens with zero attached hydrogens (tertiary/aromatic N) is 2. The van der Waals surface area contributed by atoms with Crippen LogP contribution in [0.15, 0.2) is 167 Å². The van der Waals surface area contributed by atoms with Gasteiger partial charge in [0, 0.05) is 43.7 Å². The quantitative estimate of drug-likeness (QED) is 0.149. The Morgan fingerprint density at radius 1 is 0.362 bits per heavy atom. The minimum atomic E-state index is -0.325. The minimum absolute atomic E-state index is 0.325. The first-order valence-electron chi connectivity index (χ1n) is 15.8. The largest absolute Gasteiger partial charge is 0.422 e. The van der Waals surface area contributed by atoms with E-state index in [9.17, 15) is 4.79 Å². The smallest absolute Gasteiger partial charge is 0.344 e. The van der Waals surface area contributed by atoms with Crippen molar-refractivity contribution >= 4 is 65.4 Å². The van der Waals surface area contributed by atoms with Gasteiger partial charge >= 0.3 is 5.63 Å². The van der Waals surface area contributed by atoms with Crippen molar-refractivity contribution in [2.75, 3.05) is 0 Å². The van der Waals surface area contributed by atoms with Gasteiger partial charge in [-0.1, -0.05) is 84.9 Å². The summed E-state index contributed by atoms with van der Waals surface area (Å²) >= 11 is 0. The van der Waals surface area contributed by atoms with Crippen LogP contribution < -0.4 is 5.63 Å². The van der Waals surface area contributed by atoms with Crippen LogP contribution in [0, 0.1) is 0 Å². The van der Waals surface area contributed by atoms with Gasteiger partial charge in [-0.2, -0.15) is 0 Å². The standard InChI is InChI=1S/C43H26N2O2/c46-43-37-26-41-36(25-33(37)32-16-8-10-18-42(32)47-43)35-24-28(20-22-40(35)45(41)30-13-5-2-6-14-30)27-19-21-39-34(23-27)31-15-7-9-17-38(31)44(39)29-11-3-1-4-12-29/h1-26H. The molecular formula is C43H26N2O2. The number of hydrogen-bond donors (Lipinski definition) is 0. The summed E-state index contributed by atoms with van der Waals surface area (Å²) in [5.41, 5.74) is 9.18. The molecule has 0 radical (unpaired) electrons. The lowest BCUT2D eigenvalue weighted by Gasteiger charge is -2.09. The fourth-order valence-electron chi connectivity index (χ4n) is 7.43. The number of para-hydroxylation sites is 4. The Bertz CT molecular complexity index is 2910. The van der Waals surface area contributed by atoms with Crippen LogP contribution in [0.3, 0.4) is 0 Å². The van der Waals surface area contributed by atoms with E-state index in [1.165, 1.54) is 21.8 Å². The molecular weight excluding hydrogens is 576 g/mol. The molecule has 3 heterocycles. The molecule has 0 spiro atoms. The van der Waals surface area contributed by atoms with E-state index < -0.39 is 0 Å². The maximum absolute atomic E-state index is 13.3. The lowest BCUT2D eigenvalue weighted by atomic mass is 9.99. The zero-order valence-corrected chi connectivity index (χ0v) is 25.2. The molecule has 0 aliphatic rings. The molecule has 0 saturated carbocycles. The molecule has 0 aliphatic heterocycles. The van der Waals surface area contributed by atoms with Crippen LogP contribution in [-0.2, 0) is 0 Å². The summed E-state index contributed by atoms with van der Waals surface area (Å²) in [4.78, 5) is 13.3. The SMILES string of the molecule is O=c1oc2ccccc2c2cc3c4cc(-c5ccc6c(c5)c5ccccc5n6-c5ccccc5)ccc4n(-c4ccccc4)c3cc12. The second kappa shape index (κ2) is 9.80. The number of aromatic nitrogens is 2. The molecule has 10 rings (SSSR count). The highest BCUT2D eigenvalue weighted by molar-refractivity contribution is 6.18. The fourth-order valence-corrected chi connectivity index (χ4v) is 7.43. The summed E-state index contributed by atoms with van der Waals surface area (Å²) in [6.07, 6.45) is 0. The molecule has 10 aromatic rings. The van der Waals surface area contributed by atoms with Crippen LogP contribution in [0.2, 0.25) is 0 Å². The predicted molar refractivity (Wildman–Crippen MR) is 194 cm³/mol. The number of hydrogen-bond acceptors (Lipinski definition) is 2. The normalized spacial score (nSPS) is 11.9. The number of fused-ring (bicyclic) bond motifs is 9. The zero-order chi connectivity index (χ0) is 31.1. The molecule has 0 bridgehead atoms. The van der Waals surface area contributed by atoms with Crippen molar-refractivity contribution in [2.45, 2.75) is 0 Å². The fraction of sp³-hybridized carbons (Fsp3) is 0. The first kappa shape index (κ1) is 25.9. The maximum Gasteiger partial charge on any atom is 0.344 e. The van der Waals surface area contributed by atoms with Gasteiger partial charge in [0.25, 0.3) is 0 Å². The van der Waals surface area contributed by atoms with Gasteiger partial charge < -0.3 is 13.6 Å². The van der Waals surface area contributed by atoms with Crippen molar-refractivity contribution in [3.8, 4) is 22.5 Å². The van der Waals surface area contributed by atoms with Crippen LogP contribution in [0.5, 0.6) is 0 Å². The third kappa shape index (κ3) is 3.79. The predicted octanol–water partition coefficient (Wildman–Crippen LogP) is 10.8. The van der Waals surface area contributed by atoms with E-state index in [2.05, 4.69) is 118 Å². The Balaban J connectivity index is 1.26. The first-order valence-corrected chi connectivity index (χ1v) is 15.8. The molecule has 0 aliphatic carbocycles. The highest BCUT2D eigenvalue weighted by Gasteiger charge is 2.18. The summed E-state index contributed by atoms with van der Waals surface area (Å²) in [5, 5.41) is 7.09. The van der Waals surface area contributed by atoms with Crippen molar-refractivity contribution in [3.63, 3.8) is 0 Å². The lowest BCUT2D eigenvalue weighted by molar-refractivity contribution is 0.570. The van der Waals surface area contributed by atoms with Crippen molar-refractivity contribution < 1.29 is 4.42 Å². The lowest BCUT2D eigenvalue weighted by Crippen LogP contribution is -2.00. The Hall–Kier alpha value is -6.39. The van der Waals surface area contributed by atoms with Crippen LogP contribution in [0.4, 0.5) is 0 Å². The summed E-state index contributed by atoms with van der Waals surface area (Å²) in [5.74, 6) is 0. The topological polar surface area (TPSA) is 40.1 Å². The van der Waals surface area contributed by atoms with E-state index in [0.717, 1.165) is 55.1 Å². The van der Waals surface area contributed by atoms with Gasteiger partial charge in [0.2, 0.25) is 0 Å². The maximum atomic E-state index is 13.3. The molecule has 220 valence electrons. The van der Waals surface area contributed by atoms with Gasteiger partial charge in [-0.15, -0.1) is 0 Å². The highest BCUT2D eigenvalue weighted by atomic mass is 16.4. The van der Waals surface area contributed by atoms with Crippen LogP contribution in [0.1, 0.15) is 0 Å². The average molecular weight is 603 g/mol. The zero-order valence-electron chi connectivity index (χ0n) is 25.2. The molecule has 3 aromatic heterocycles. The van der Waals surface area contributed by atoms with Crippen molar-refractivity contribution in [1.82, 2.24) is 9.13 Å². The van der Waals surface area contributed by atoms with Crippen LogP contribution in [0.25, 0.3) is 87.9 Å². The number of benzene rings is 7. The molecule has 0 amide bonds. The van der Waals surface area contributed by atoms with E-state index in [1.807, 2.05) is 48.5 Å². The van der Waals surface area contributed by atoms with E-state index in [1.54, 1.807) is 0 Å². The van der Waals surface area contributed by atoms with Gasteiger partial charge in [0.1, 0.15) is 5.58 Å². The molecule has 0 N–H and O–H groups in total. The molecule has 4 heteroatoms. The Morgan fingerprint density at radius 3 is 1.55 bits per heavy atom. The summed E-state index contributed by atoms with van der Waals surface area (Å²) in [6.45, 7) is 0. The summed E-state index contributed by atoms with van der Waals surface area (Å²) < 4.78 is 10.3. The Morgan fingerprint density at radius 2 is 0.872 bits per heavy atom. The van der Waals surface area contributed by atoms with Gasteiger partial charge in [-0.3, -0.25) is 0 Å². The molecule has 47 heavy (non-hydrogen) atoms. The Kier molecular flexibility index (Phi) is 5.40. The molecule has 0 unspecified atom stereocenters. The van der Waals surface area contributed by atoms with Gasteiger partial charge in [-0.05, 0) is 83.9 Å². The highest BCUT2D eigenvalue weighted by Crippen LogP contribution is 2.39. The van der Waals surface area contributed by atoms with E-state index >= 15 is 0 Å². The average Bonchev–Trinajstić information content (AvgIpc) is 3.63. The van der Waals surface area contributed by atoms with Crippen molar-refractivity contribution in [1.29, 1.82) is 0 Å². The summed E-state index contributed by atoms with van der Waals surface area (Å²) in [7, 11) is 0. The first-order chi connectivity index (χ1) is 23.2. The van der Waals surface area contributed by atoms with Gasteiger partial charge in [0.05, 0.1) is 27.5 Å². The molecule has 0 fully saturated rings. The number of rotatable bonds is 3. The molecule has 0 atom stereocenters. The van der Waals surface area contributed by atoms with Gasteiger partial charge in [-0.25, -0.2) is 4.79 Å². The third-order valence-corrected chi connectivity index (χ3v) is 9.54. The van der Waals surface area contributed by atoms with E-state index in [-0.39, 0.29) is 5.63 Å². The van der Waals surface area contributed by atoms with Crippen molar-refractivity contribution in [2.24, 2.45) is 0 Å². The summed E-state index contributed by atoms with van der Waals surface area (Å²) in [6, 6.07) is 55.0. The van der Waals surface area contributed by atoms with Gasteiger partial charge in [0.15, 0.2) is 0 Å². The second-order valence-corrected chi connectivity index (χ2v) is 12.1. The van der Waals surface area contributed by atoms with Crippen LogP contribution in [-0.4, -0.2) is 9.13 Å². The second-order valence-electron chi connectivity index (χ2n) is 12.1.